The molecule has 2 unspecified atom stereocenters. The molecule has 1 aliphatic carbocycles. The van der Waals surface area contributed by atoms with Gasteiger partial charge in [0.25, 0.3) is 5.91 Å². The molecule has 2 aliphatic rings. The lowest BCUT2D eigenvalue weighted by atomic mass is 10.1. The van der Waals surface area contributed by atoms with E-state index in [1.807, 2.05) is 30.3 Å². The maximum absolute atomic E-state index is 13.4. The summed E-state index contributed by atoms with van der Waals surface area (Å²) in [5, 5.41) is 7.55. The first-order chi connectivity index (χ1) is 13.6. The zero-order chi connectivity index (χ0) is 19.5. The van der Waals surface area contributed by atoms with Gasteiger partial charge in [0.05, 0.1) is 13.2 Å². The Morgan fingerprint density at radius 3 is 2.64 bits per heavy atom. The zero-order valence-corrected chi connectivity index (χ0v) is 16.6. The number of hydrogen-bond donors (Lipinski definition) is 1. The molecule has 1 aromatic carbocycles. The normalized spacial score (nSPS) is 22.6. The second kappa shape index (κ2) is 8.32. The third-order valence-electron chi connectivity index (χ3n) is 5.71. The smallest absolute Gasteiger partial charge is 0.259 e. The Kier molecular flexibility index (Phi) is 5.64. The van der Waals surface area contributed by atoms with Crippen molar-refractivity contribution in [1.82, 2.24) is 15.4 Å². The maximum atomic E-state index is 13.4. The van der Waals surface area contributed by atoms with E-state index in [1.165, 1.54) is 0 Å². The van der Waals surface area contributed by atoms with Gasteiger partial charge in [-0.05, 0) is 33.4 Å². The van der Waals surface area contributed by atoms with E-state index in [0.717, 1.165) is 24.8 Å². The molecule has 7 nitrogen and oxygen atoms in total. The molecule has 1 saturated carbocycles. The van der Waals surface area contributed by atoms with Crippen molar-refractivity contribution in [3.63, 3.8) is 0 Å². The first-order valence-electron chi connectivity index (χ1n) is 10.00. The summed E-state index contributed by atoms with van der Waals surface area (Å²) in [6, 6.07) is 10.2. The largest absolute Gasteiger partial charge is 0.378 e. The summed E-state index contributed by atoms with van der Waals surface area (Å²) in [6.07, 6.45) is 3.22. The number of hydrogen-bond acceptors (Lipinski definition) is 6. The van der Waals surface area contributed by atoms with Crippen LogP contribution in [-0.2, 0) is 4.74 Å². The van der Waals surface area contributed by atoms with Gasteiger partial charge in [-0.1, -0.05) is 35.5 Å². The van der Waals surface area contributed by atoms with Gasteiger partial charge in [0.2, 0.25) is 0 Å². The molecular weight excluding hydrogens is 356 g/mol. The van der Waals surface area contributed by atoms with Crippen LogP contribution in [0.15, 0.2) is 34.9 Å². The Labute approximate surface area is 165 Å². The molecule has 1 aliphatic heterocycles. The first kappa shape index (κ1) is 19.0. The van der Waals surface area contributed by atoms with Crippen molar-refractivity contribution in [2.75, 3.05) is 45.3 Å². The minimum absolute atomic E-state index is 0.111. The summed E-state index contributed by atoms with van der Waals surface area (Å²) >= 11 is 0. The van der Waals surface area contributed by atoms with Crippen LogP contribution in [0.25, 0.3) is 11.3 Å². The predicted molar refractivity (Wildman–Crippen MR) is 108 cm³/mol. The van der Waals surface area contributed by atoms with Gasteiger partial charge in [-0.25, -0.2) is 0 Å². The van der Waals surface area contributed by atoms with Crippen LogP contribution in [0.2, 0.25) is 0 Å². The van der Waals surface area contributed by atoms with Crippen molar-refractivity contribution in [2.24, 2.45) is 0 Å². The fraction of sp³-hybridized carbons (Fsp3) is 0.524. The number of likely N-dealkylation sites (N-methyl/N-ethyl adjacent to an activating group) is 1. The molecule has 7 heteroatoms. The van der Waals surface area contributed by atoms with E-state index >= 15 is 0 Å². The highest BCUT2D eigenvalue weighted by Crippen LogP contribution is 2.32. The van der Waals surface area contributed by atoms with Crippen LogP contribution in [0, 0.1) is 0 Å². The van der Waals surface area contributed by atoms with E-state index in [0.29, 0.717) is 49.5 Å². The zero-order valence-electron chi connectivity index (χ0n) is 16.6. The van der Waals surface area contributed by atoms with Crippen LogP contribution >= 0.6 is 0 Å². The molecule has 2 atom stereocenters. The molecule has 0 radical (unpaired) electrons. The van der Waals surface area contributed by atoms with Gasteiger partial charge in [0.1, 0.15) is 5.56 Å². The fourth-order valence-corrected chi connectivity index (χ4v) is 4.23. The second-order valence-corrected chi connectivity index (χ2v) is 7.72. The van der Waals surface area contributed by atoms with Gasteiger partial charge in [0.15, 0.2) is 11.6 Å². The van der Waals surface area contributed by atoms with Crippen molar-refractivity contribution >= 4 is 11.7 Å². The van der Waals surface area contributed by atoms with Gasteiger partial charge in [0, 0.05) is 30.7 Å². The molecule has 4 rings (SSSR count). The number of morpholine rings is 1. The fourth-order valence-electron chi connectivity index (χ4n) is 4.23. The molecule has 2 aromatic rings. The molecular formula is C21H28N4O3. The van der Waals surface area contributed by atoms with Crippen LogP contribution in [0.5, 0.6) is 0 Å². The lowest BCUT2D eigenvalue weighted by Gasteiger charge is -2.28. The number of carbonyl (C=O) groups excluding carboxylic acids is 1. The van der Waals surface area contributed by atoms with E-state index in [4.69, 9.17) is 9.26 Å². The standard InChI is InChI=1S/C21H28N4O3/c1-24(2)17-10-6-9-16(17)22-21(26)18-19(15-7-4-3-5-8-15)28-23-20(18)25-11-13-27-14-12-25/h3-5,7-8,16-17H,6,9-14H2,1-2H3,(H,22,26). The van der Waals surface area contributed by atoms with Crippen LogP contribution in [0.3, 0.4) is 0 Å². The Morgan fingerprint density at radius 2 is 1.93 bits per heavy atom. The molecule has 28 heavy (non-hydrogen) atoms. The third-order valence-corrected chi connectivity index (χ3v) is 5.71. The minimum Gasteiger partial charge on any atom is -0.378 e. The molecule has 150 valence electrons. The molecule has 0 bridgehead atoms. The molecule has 0 spiro atoms. The summed E-state index contributed by atoms with van der Waals surface area (Å²) in [5.74, 6) is 1.03. The number of nitrogens with zero attached hydrogens (tertiary/aromatic N) is 3. The number of nitrogens with one attached hydrogen (secondary N) is 1. The number of benzene rings is 1. The summed E-state index contributed by atoms with van der Waals surface area (Å²) in [6.45, 7) is 2.65. The van der Waals surface area contributed by atoms with E-state index < -0.39 is 0 Å². The van der Waals surface area contributed by atoms with Crippen LogP contribution in [0.4, 0.5) is 5.82 Å². The van der Waals surface area contributed by atoms with Gasteiger partial charge in [-0.3, -0.25) is 4.79 Å². The average Bonchev–Trinajstić information content (AvgIpc) is 3.36. The Bertz CT molecular complexity index is 799. The monoisotopic (exact) mass is 384 g/mol. The molecule has 1 N–H and O–H groups in total. The Morgan fingerprint density at radius 1 is 1.18 bits per heavy atom. The third kappa shape index (κ3) is 3.77. The van der Waals surface area contributed by atoms with E-state index in [9.17, 15) is 4.79 Å². The van der Waals surface area contributed by atoms with Crippen LogP contribution < -0.4 is 10.2 Å². The maximum Gasteiger partial charge on any atom is 0.259 e. The summed E-state index contributed by atoms with van der Waals surface area (Å²) in [5.41, 5.74) is 1.38. The molecule has 1 aromatic heterocycles. The topological polar surface area (TPSA) is 70.8 Å². The van der Waals surface area contributed by atoms with E-state index in [-0.39, 0.29) is 11.9 Å². The number of amides is 1. The first-order valence-corrected chi connectivity index (χ1v) is 10.00. The van der Waals surface area contributed by atoms with Crippen molar-refractivity contribution in [1.29, 1.82) is 0 Å². The Hall–Kier alpha value is -2.38. The van der Waals surface area contributed by atoms with Crippen LogP contribution in [-0.4, -0.2) is 68.4 Å². The molecule has 2 fully saturated rings. The van der Waals surface area contributed by atoms with Crippen molar-refractivity contribution in [2.45, 2.75) is 31.3 Å². The lowest BCUT2D eigenvalue weighted by Crippen LogP contribution is -2.46. The van der Waals surface area contributed by atoms with Crippen molar-refractivity contribution < 1.29 is 14.1 Å². The SMILES string of the molecule is CN(C)C1CCCC1NC(=O)c1c(N2CCOCC2)noc1-c1ccccc1. The summed E-state index contributed by atoms with van der Waals surface area (Å²) in [4.78, 5) is 17.7. The van der Waals surface area contributed by atoms with Gasteiger partial charge >= 0.3 is 0 Å². The highest BCUT2D eigenvalue weighted by Gasteiger charge is 2.34. The van der Waals surface area contributed by atoms with E-state index in [1.54, 1.807) is 0 Å². The minimum atomic E-state index is -0.111. The van der Waals surface area contributed by atoms with Crippen molar-refractivity contribution in [3.05, 3.63) is 35.9 Å². The van der Waals surface area contributed by atoms with Crippen LogP contribution in [0.1, 0.15) is 29.6 Å². The number of ether oxygens (including phenoxy) is 1. The summed E-state index contributed by atoms with van der Waals surface area (Å²) in [7, 11) is 4.15. The van der Waals surface area contributed by atoms with Crippen molar-refractivity contribution in [3.8, 4) is 11.3 Å². The number of aromatic nitrogens is 1. The predicted octanol–water partition coefficient (Wildman–Crippen LogP) is 2.39. The highest BCUT2D eigenvalue weighted by atomic mass is 16.5. The summed E-state index contributed by atoms with van der Waals surface area (Å²) < 4.78 is 11.1. The van der Waals surface area contributed by atoms with E-state index in [2.05, 4.69) is 34.4 Å². The molecule has 1 saturated heterocycles. The number of carbonyl (C=O) groups is 1. The quantitative estimate of drug-likeness (QED) is 0.854. The number of anilines is 1. The molecule has 1 amide bonds. The number of rotatable bonds is 5. The second-order valence-electron chi connectivity index (χ2n) is 7.72. The highest BCUT2D eigenvalue weighted by molar-refractivity contribution is 6.04. The molecule has 2 heterocycles. The van der Waals surface area contributed by atoms with Gasteiger partial charge in [-0.2, -0.15) is 0 Å². The Balaban J connectivity index is 1.66. The average molecular weight is 384 g/mol. The van der Waals surface area contributed by atoms with Gasteiger partial charge < -0.3 is 24.4 Å². The van der Waals surface area contributed by atoms with Gasteiger partial charge in [-0.15, -0.1) is 0 Å². The lowest BCUT2D eigenvalue weighted by molar-refractivity contribution is 0.0918.